The summed E-state index contributed by atoms with van der Waals surface area (Å²) in [6, 6.07) is 0. The number of carboxylic acid groups (broad SMARTS) is 1. The quantitative estimate of drug-likeness (QED) is 0.868. The average molecular weight is 328 g/mol. The standard InChI is InChI=1S/C15H22ClN3O3/c1-9-13(16)10(2)19(18-9)8-7-17-14(20)11-5-3-4-6-12(11)15(21)22/h11-12H,3-8H2,1-2H3,(H,17,20)(H,21,22)/t11-,12+/m1/s1. The first kappa shape index (κ1) is 16.8. The van der Waals surface area contributed by atoms with E-state index in [0.29, 0.717) is 31.0 Å². The van der Waals surface area contributed by atoms with Crippen molar-refractivity contribution in [1.29, 1.82) is 0 Å². The molecule has 7 heteroatoms. The van der Waals surface area contributed by atoms with Crippen LogP contribution in [0.25, 0.3) is 0 Å². The molecule has 0 radical (unpaired) electrons. The smallest absolute Gasteiger partial charge is 0.307 e. The Hall–Kier alpha value is -1.56. The lowest BCUT2D eigenvalue weighted by molar-refractivity contribution is -0.148. The molecule has 0 aromatic carbocycles. The summed E-state index contributed by atoms with van der Waals surface area (Å²) < 4.78 is 1.76. The molecule has 0 bridgehead atoms. The van der Waals surface area contributed by atoms with Gasteiger partial charge in [-0.2, -0.15) is 5.10 Å². The predicted molar refractivity (Wildman–Crippen MR) is 82.8 cm³/mol. The molecule has 0 unspecified atom stereocenters. The van der Waals surface area contributed by atoms with Gasteiger partial charge in [0, 0.05) is 6.54 Å². The van der Waals surface area contributed by atoms with Crippen molar-refractivity contribution < 1.29 is 14.7 Å². The Morgan fingerprint density at radius 1 is 1.32 bits per heavy atom. The van der Waals surface area contributed by atoms with Gasteiger partial charge in [-0.25, -0.2) is 0 Å². The maximum absolute atomic E-state index is 12.2. The van der Waals surface area contributed by atoms with Gasteiger partial charge in [0.1, 0.15) is 0 Å². The minimum Gasteiger partial charge on any atom is -0.481 e. The fourth-order valence-corrected chi connectivity index (χ4v) is 3.18. The van der Waals surface area contributed by atoms with Gasteiger partial charge in [0.05, 0.1) is 34.8 Å². The highest BCUT2D eigenvalue weighted by molar-refractivity contribution is 6.31. The number of nitrogens with zero attached hydrogens (tertiary/aromatic N) is 2. The highest BCUT2D eigenvalue weighted by atomic mass is 35.5. The lowest BCUT2D eigenvalue weighted by atomic mass is 9.79. The maximum atomic E-state index is 12.2. The van der Waals surface area contributed by atoms with Crippen molar-refractivity contribution in [3.8, 4) is 0 Å². The van der Waals surface area contributed by atoms with Crippen molar-refractivity contribution in [2.45, 2.75) is 46.1 Å². The molecule has 2 N–H and O–H groups in total. The highest BCUT2D eigenvalue weighted by Gasteiger charge is 2.35. The number of amides is 1. The highest BCUT2D eigenvalue weighted by Crippen LogP contribution is 2.30. The van der Waals surface area contributed by atoms with Gasteiger partial charge in [-0.05, 0) is 26.7 Å². The molecule has 2 atom stereocenters. The summed E-state index contributed by atoms with van der Waals surface area (Å²) in [6.45, 7) is 4.66. The van der Waals surface area contributed by atoms with Crippen LogP contribution in [0.2, 0.25) is 5.02 Å². The molecule has 1 saturated carbocycles. The second-order valence-electron chi connectivity index (χ2n) is 5.83. The van der Waals surface area contributed by atoms with Crippen molar-refractivity contribution in [2.24, 2.45) is 11.8 Å². The van der Waals surface area contributed by atoms with Crippen molar-refractivity contribution in [3.05, 3.63) is 16.4 Å². The first-order valence-electron chi connectivity index (χ1n) is 7.62. The van der Waals surface area contributed by atoms with Crippen LogP contribution >= 0.6 is 11.6 Å². The summed E-state index contributed by atoms with van der Waals surface area (Å²) in [5.74, 6) is -2.02. The molecule has 1 amide bonds. The fraction of sp³-hybridized carbons (Fsp3) is 0.667. The predicted octanol–water partition coefficient (Wildman–Crippen LogP) is 2.16. The SMILES string of the molecule is Cc1nn(CCNC(=O)[C@@H]2CCCC[C@@H]2C(=O)O)c(C)c1Cl. The molecule has 1 aromatic heterocycles. The molecule has 1 aliphatic rings. The number of hydrogen-bond donors (Lipinski definition) is 2. The van der Waals surface area contributed by atoms with Gasteiger partial charge in [-0.1, -0.05) is 24.4 Å². The number of carboxylic acids is 1. The zero-order chi connectivity index (χ0) is 16.3. The van der Waals surface area contributed by atoms with E-state index in [1.165, 1.54) is 0 Å². The molecule has 2 rings (SSSR count). The fourth-order valence-electron chi connectivity index (χ4n) is 3.05. The van der Waals surface area contributed by atoms with Gasteiger partial charge in [0.2, 0.25) is 5.91 Å². The van der Waals surface area contributed by atoms with Gasteiger partial charge < -0.3 is 10.4 Å². The van der Waals surface area contributed by atoms with Gasteiger partial charge in [0.15, 0.2) is 0 Å². The van der Waals surface area contributed by atoms with Crippen LogP contribution in [0.3, 0.4) is 0 Å². The molecular weight excluding hydrogens is 306 g/mol. The van der Waals surface area contributed by atoms with Crippen molar-refractivity contribution in [3.63, 3.8) is 0 Å². The number of carbonyl (C=O) groups is 2. The number of halogens is 1. The molecule has 6 nitrogen and oxygen atoms in total. The topological polar surface area (TPSA) is 84.2 Å². The van der Waals surface area contributed by atoms with Crippen LogP contribution < -0.4 is 5.32 Å². The number of carbonyl (C=O) groups excluding carboxylic acids is 1. The van der Waals surface area contributed by atoms with Crippen LogP contribution in [0.1, 0.15) is 37.1 Å². The van der Waals surface area contributed by atoms with Crippen LogP contribution in [0.5, 0.6) is 0 Å². The summed E-state index contributed by atoms with van der Waals surface area (Å²) in [4.78, 5) is 23.5. The molecule has 1 fully saturated rings. The van der Waals surface area contributed by atoms with Crippen molar-refractivity contribution >= 4 is 23.5 Å². The maximum Gasteiger partial charge on any atom is 0.307 e. The Labute approximate surface area is 134 Å². The van der Waals surface area contributed by atoms with Crippen LogP contribution in [0, 0.1) is 25.7 Å². The Morgan fingerprint density at radius 3 is 2.50 bits per heavy atom. The minimum absolute atomic E-state index is 0.167. The minimum atomic E-state index is -0.870. The van der Waals surface area contributed by atoms with Crippen LogP contribution in [-0.2, 0) is 16.1 Å². The number of nitrogens with one attached hydrogen (secondary N) is 1. The Kier molecular flexibility index (Phi) is 5.45. The van der Waals surface area contributed by atoms with E-state index in [2.05, 4.69) is 10.4 Å². The van der Waals surface area contributed by atoms with Crippen molar-refractivity contribution in [2.75, 3.05) is 6.54 Å². The summed E-state index contributed by atoms with van der Waals surface area (Å²) in [5, 5.41) is 17.0. The molecule has 0 spiro atoms. The lowest BCUT2D eigenvalue weighted by Crippen LogP contribution is -2.40. The van der Waals surface area contributed by atoms with Gasteiger partial charge in [0.25, 0.3) is 0 Å². The Bertz CT molecular complexity index is 571. The number of aliphatic carboxylic acids is 1. The molecule has 22 heavy (non-hydrogen) atoms. The largest absolute Gasteiger partial charge is 0.481 e. The first-order valence-corrected chi connectivity index (χ1v) is 7.99. The Balaban J connectivity index is 1.89. The van der Waals surface area contributed by atoms with E-state index in [4.69, 9.17) is 11.6 Å². The number of aromatic nitrogens is 2. The van der Waals surface area contributed by atoms with E-state index < -0.39 is 17.8 Å². The molecular formula is C15H22ClN3O3. The molecule has 1 aromatic rings. The summed E-state index contributed by atoms with van der Waals surface area (Å²) >= 11 is 6.08. The van der Waals surface area contributed by atoms with E-state index in [1.54, 1.807) is 4.68 Å². The lowest BCUT2D eigenvalue weighted by Gasteiger charge is -2.27. The Morgan fingerprint density at radius 2 is 1.95 bits per heavy atom. The van der Waals surface area contributed by atoms with E-state index >= 15 is 0 Å². The molecule has 1 heterocycles. The van der Waals surface area contributed by atoms with Crippen LogP contribution in [0.15, 0.2) is 0 Å². The van der Waals surface area contributed by atoms with E-state index in [0.717, 1.165) is 24.2 Å². The third-order valence-electron chi connectivity index (χ3n) is 4.34. The molecule has 122 valence electrons. The molecule has 0 saturated heterocycles. The third kappa shape index (κ3) is 3.61. The van der Waals surface area contributed by atoms with E-state index in [1.807, 2.05) is 13.8 Å². The second-order valence-corrected chi connectivity index (χ2v) is 6.21. The van der Waals surface area contributed by atoms with E-state index in [-0.39, 0.29) is 5.91 Å². The summed E-state index contributed by atoms with van der Waals surface area (Å²) in [6.07, 6.45) is 3.02. The zero-order valence-corrected chi connectivity index (χ0v) is 13.7. The molecule has 1 aliphatic carbocycles. The van der Waals surface area contributed by atoms with Gasteiger partial charge in [-0.15, -0.1) is 0 Å². The first-order chi connectivity index (χ1) is 10.4. The normalized spacial score (nSPS) is 21.6. The average Bonchev–Trinajstić information content (AvgIpc) is 2.74. The van der Waals surface area contributed by atoms with E-state index in [9.17, 15) is 14.7 Å². The second kappa shape index (κ2) is 7.13. The summed E-state index contributed by atoms with van der Waals surface area (Å²) in [7, 11) is 0. The monoisotopic (exact) mass is 327 g/mol. The number of aryl methyl sites for hydroxylation is 1. The number of rotatable bonds is 5. The summed E-state index contributed by atoms with van der Waals surface area (Å²) in [5.41, 5.74) is 1.64. The third-order valence-corrected chi connectivity index (χ3v) is 4.88. The van der Waals surface area contributed by atoms with Crippen LogP contribution in [0.4, 0.5) is 0 Å². The number of hydrogen-bond acceptors (Lipinski definition) is 3. The van der Waals surface area contributed by atoms with Gasteiger partial charge in [-0.3, -0.25) is 14.3 Å². The van der Waals surface area contributed by atoms with Gasteiger partial charge >= 0.3 is 5.97 Å². The van der Waals surface area contributed by atoms with Crippen molar-refractivity contribution in [1.82, 2.24) is 15.1 Å². The zero-order valence-electron chi connectivity index (χ0n) is 12.9. The molecule has 0 aliphatic heterocycles. The van der Waals surface area contributed by atoms with Crippen LogP contribution in [-0.4, -0.2) is 33.3 Å².